The van der Waals surface area contributed by atoms with Crippen molar-refractivity contribution in [3.63, 3.8) is 0 Å². The molecule has 1 heterocycles. The zero-order valence-electron chi connectivity index (χ0n) is 15.2. The van der Waals surface area contributed by atoms with Crippen LogP contribution >= 0.6 is 0 Å². The molecule has 0 saturated heterocycles. The summed E-state index contributed by atoms with van der Waals surface area (Å²) < 4.78 is 5.30. The maximum atomic E-state index is 12.6. The van der Waals surface area contributed by atoms with Crippen LogP contribution in [0.15, 0.2) is 60.7 Å². The summed E-state index contributed by atoms with van der Waals surface area (Å²) in [5.74, 6) is -0.303. The van der Waals surface area contributed by atoms with E-state index >= 15 is 0 Å². The highest BCUT2D eigenvalue weighted by atomic mass is 16.5. The third kappa shape index (κ3) is 2.50. The molecule has 0 fully saturated rings. The lowest BCUT2D eigenvalue weighted by atomic mass is 9.96. The van der Waals surface area contributed by atoms with Crippen molar-refractivity contribution in [2.24, 2.45) is 0 Å². The van der Waals surface area contributed by atoms with Crippen molar-refractivity contribution in [2.45, 2.75) is 19.8 Å². The third-order valence-electron chi connectivity index (χ3n) is 5.36. The predicted octanol–water partition coefficient (Wildman–Crippen LogP) is 5.33. The van der Waals surface area contributed by atoms with Crippen molar-refractivity contribution in [1.29, 1.82) is 0 Å². The number of fused-ring (bicyclic) bond motifs is 1. The van der Waals surface area contributed by atoms with Gasteiger partial charge in [-0.05, 0) is 53.8 Å². The molecule has 3 nitrogen and oxygen atoms in total. The summed E-state index contributed by atoms with van der Waals surface area (Å²) >= 11 is 0. The van der Waals surface area contributed by atoms with Crippen molar-refractivity contribution < 1.29 is 9.53 Å². The smallest absolute Gasteiger partial charge is 0.338 e. The van der Waals surface area contributed by atoms with Crippen LogP contribution in [0.3, 0.4) is 0 Å². The Morgan fingerprint density at radius 1 is 0.963 bits per heavy atom. The second kappa shape index (κ2) is 6.20. The van der Waals surface area contributed by atoms with E-state index in [4.69, 9.17) is 9.72 Å². The summed E-state index contributed by atoms with van der Waals surface area (Å²) in [7, 11) is 0. The van der Waals surface area contributed by atoms with Gasteiger partial charge < -0.3 is 4.74 Å². The molecule has 1 aliphatic rings. The first-order valence-corrected chi connectivity index (χ1v) is 9.37. The average Bonchev–Trinajstić information content (AvgIpc) is 3.13. The molecule has 3 heteroatoms. The number of hydrogen-bond acceptors (Lipinski definition) is 3. The van der Waals surface area contributed by atoms with E-state index in [-0.39, 0.29) is 5.97 Å². The van der Waals surface area contributed by atoms with Crippen LogP contribution in [0.25, 0.3) is 32.9 Å². The lowest BCUT2D eigenvalue weighted by molar-refractivity contribution is 0.0528. The molecule has 0 spiro atoms. The Hall–Kier alpha value is -3.20. The molecule has 27 heavy (non-hydrogen) atoms. The lowest BCUT2D eigenvalue weighted by Gasteiger charge is -2.12. The lowest BCUT2D eigenvalue weighted by Crippen LogP contribution is -2.06. The first-order valence-electron chi connectivity index (χ1n) is 9.37. The largest absolute Gasteiger partial charge is 0.462 e. The number of benzene rings is 3. The Morgan fingerprint density at radius 2 is 1.74 bits per heavy atom. The highest BCUT2D eigenvalue weighted by Crippen LogP contribution is 2.37. The highest BCUT2D eigenvalue weighted by molar-refractivity contribution is 6.07. The second-order valence-corrected chi connectivity index (χ2v) is 6.90. The number of pyridine rings is 1. The molecule has 132 valence electrons. The van der Waals surface area contributed by atoms with Crippen LogP contribution in [-0.4, -0.2) is 17.6 Å². The summed E-state index contributed by atoms with van der Waals surface area (Å²) in [6.07, 6.45) is 2.19. The number of para-hydroxylation sites is 1. The molecule has 0 aliphatic heterocycles. The molecule has 3 aromatic carbocycles. The number of carbonyl (C=O) groups is 1. The molecular formula is C24H19NO2. The minimum atomic E-state index is -0.303. The Bertz CT molecular complexity index is 1200. The van der Waals surface area contributed by atoms with Crippen molar-refractivity contribution in [3.8, 4) is 11.3 Å². The summed E-state index contributed by atoms with van der Waals surface area (Å²) in [5.41, 5.74) is 6.05. The van der Waals surface area contributed by atoms with E-state index in [2.05, 4.69) is 30.3 Å². The van der Waals surface area contributed by atoms with Crippen molar-refractivity contribution in [3.05, 3.63) is 77.4 Å². The van der Waals surface area contributed by atoms with Gasteiger partial charge in [-0.15, -0.1) is 0 Å². The Balaban J connectivity index is 1.80. The number of aryl methyl sites for hydroxylation is 2. The van der Waals surface area contributed by atoms with E-state index in [1.54, 1.807) is 0 Å². The Morgan fingerprint density at radius 3 is 2.59 bits per heavy atom. The first-order chi connectivity index (χ1) is 13.3. The van der Waals surface area contributed by atoms with Gasteiger partial charge in [0.15, 0.2) is 0 Å². The number of esters is 1. The van der Waals surface area contributed by atoms with Gasteiger partial charge in [-0.2, -0.15) is 0 Å². The van der Waals surface area contributed by atoms with E-state index in [1.807, 2.05) is 37.3 Å². The van der Waals surface area contributed by atoms with Gasteiger partial charge in [-0.3, -0.25) is 0 Å². The number of aromatic nitrogens is 1. The molecule has 0 atom stereocenters. The van der Waals surface area contributed by atoms with E-state index in [9.17, 15) is 4.79 Å². The molecule has 0 amide bonds. The highest BCUT2D eigenvalue weighted by Gasteiger charge is 2.19. The predicted molar refractivity (Wildman–Crippen MR) is 108 cm³/mol. The fourth-order valence-corrected chi connectivity index (χ4v) is 4.16. The van der Waals surface area contributed by atoms with Crippen LogP contribution < -0.4 is 0 Å². The Labute approximate surface area is 157 Å². The summed E-state index contributed by atoms with van der Waals surface area (Å²) in [6.45, 7) is 2.18. The van der Waals surface area contributed by atoms with E-state index in [0.29, 0.717) is 12.2 Å². The fraction of sp³-hybridized carbons (Fsp3) is 0.167. The maximum Gasteiger partial charge on any atom is 0.338 e. The molecule has 4 aromatic rings. The molecule has 0 N–H and O–H groups in total. The SMILES string of the molecule is CCOC(=O)c1cc(-c2ccc3c4c(cccc24)CC3)nc2ccccc12. The molecule has 5 rings (SSSR count). The number of rotatable bonds is 3. The van der Waals surface area contributed by atoms with Crippen LogP contribution in [-0.2, 0) is 17.6 Å². The van der Waals surface area contributed by atoms with Gasteiger partial charge in [0.2, 0.25) is 0 Å². The second-order valence-electron chi connectivity index (χ2n) is 6.90. The summed E-state index contributed by atoms with van der Waals surface area (Å²) in [4.78, 5) is 17.4. The minimum absolute atomic E-state index is 0.303. The van der Waals surface area contributed by atoms with Crippen LogP contribution in [0.5, 0.6) is 0 Å². The summed E-state index contributed by atoms with van der Waals surface area (Å²) in [6, 6.07) is 20.4. The zero-order valence-corrected chi connectivity index (χ0v) is 15.2. The number of nitrogens with zero attached hydrogens (tertiary/aromatic N) is 1. The van der Waals surface area contributed by atoms with E-state index in [0.717, 1.165) is 35.0 Å². The minimum Gasteiger partial charge on any atom is -0.462 e. The van der Waals surface area contributed by atoms with Gasteiger partial charge in [0.1, 0.15) is 0 Å². The van der Waals surface area contributed by atoms with E-state index in [1.165, 1.54) is 21.9 Å². The first kappa shape index (κ1) is 16.0. The molecular weight excluding hydrogens is 334 g/mol. The van der Waals surface area contributed by atoms with Gasteiger partial charge in [0.05, 0.1) is 23.4 Å². The normalized spacial score (nSPS) is 12.6. The van der Waals surface area contributed by atoms with Crippen molar-refractivity contribution in [1.82, 2.24) is 4.98 Å². The van der Waals surface area contributed by atoms with E-state index < -0.39 is 0 Å². The fourth-order valence-electron chi connectivity index (χ4n) is 4.16. The van der Waals surface area contributed by atoms with Gasteiger partial charge in [0, 0.05) is 10.9 Å². The van der Waals surface area contributed by atoms with Crippen LogP contribution in [0.2, 0.25) is 0 Å². The van der Waals surface area contributed by atoms with Crippen LogP contribution in [0.4, 0.5) is 0 Å². The summed E-state index contributed by atoms with van der Waals surface area (Å²) in [5, 5.41) is 3.38. The molecule has 0 radical (unpaired) electrons. The van der Waals surface area contributed by atoms with Gasteiger partial charge in [-0.1, -0.05) is 48.5 Å². The van der Waals surface area contributed by atoms with Gasteiger partial charge in [0.25, 0.3) is 0 Å². The maximum absolute atomic E-state index is 12.6. The van der Waals surface area contributed by atoms with Crippen molar-refractivity contribution >= 4 is 27.6 Å². The van der Waals surface area contributed by atoms with Crippen LogP contribution in [0.1, 0.15) is 28.4 Å². The monoisotopic (exact) mass is 353 g/mol. The standard InChI is InChI=1S/C24H19NO2/c1-2-27-24(26)20-14-22(25-21-9-4-3-7-17(20)21)18-13-12-16-11-10-15-6-5-8-19(18)23(15)16/h3-9,12-14H,2,10-11H2,1H3. The molecule has 1 aromatic heterocycles. The van der Waals surface area contributed by atoms with Gasteiger partial charge >= 0.3 is 5.97 Å². The quantitative estimate of drug-likeness (QED) is 0.467. The topological polar surface area (TPSA) is 39.2 Å². The Kier molecular flexibility index (Phi) is 3.68. The third-order valence-corrected chi connectivity index (χ3v) is 5.36. The molecule has 0 bridgehead atoms. The van der Waals surface area contributed by atoms with Gasteiger partial charge in [-0.25, -0.2) is 9.78 Å². The number of carbonyl (C=O) groups excluding carboxylic acids is 1. The van der Waals surface area contributed by atoms with Crippen LogP contribution in [0, 0.1) is 0 Å². The van der Waals surface area contributed by atoms with Crippen molar-refractivity contribution in [2.75, 3.05) is 6.61 Å². The number of hydrogen-bond donors (Lipinski definition) is 0. The number of ether oxygens (including phenoxy) is 1. The molecule has 1 aliphatic carbocycles. The zero-order chi connectivity index (χ0) is 18.4. The average molecular weight is 353 g/mol. The molecule has 0 saturated carbocycles. The molecule has 0 unspecified atom stereocenters.